The molecule has 0 spiro atoms. The minimum atomic E-state index is -3.53. The minimum absolute atomic E-state index is 0.380. The monoisotopic (exact) mass is 410 g/mol. The number of phosphoric ester groups is 1. The molecule has 0 amide bonds. The molecule has 0 aromatic carbocycles. The Morgan fingerprint density at radius 3 is 1.38 bits per heavy atom. The lowest BCUT2D eigenvalue weighted by Gasteiger charge is -2.18. The Morgan fingerprint density at radius 1 is 0.692 bits per heavy atom. The van der Waals surface area contributed by atoms with Crippen LogP contribution < -0.4 is 0 Å². The maximum atomic E-state index is 12.4. The summed E-state index contributed by atoms with van der Waals surface area (Å²) < 4.78 is 28.0. The van der Waals surface area contributed by atoms with Gasteiger partial charge in [0.2, 0.25) is 0 Å². The summed E-state index contributed by atoms with van der Waals surface area (Å²) in [7, 11) is -3.53. The Kier molecular flexibility index (Phi) is 15.7. The summed E-state index contributed by atoms with van der Waals surface area (Å²) in [4.78, 5) is 0. The smallest absolute Gasteiger partial charge is 0.286 e. The van der Waals surface area contributed by atoms with Crippen molar-refractivity contribution in [3.05, 3.63) is 0 Å². The molecule has 0 aromatic rings. The largest absolute Gasteiger partial charge is 0.485 e. The maximum Gasteiger partial charge on any atom is 0.485 e. The number of thiol groups is 1. The quantitative estimate of drug-likeness (QED) is 0.152. The van der Waals surface area contributed by atoms with Crippen LogP contribution in [0.15, 0.2) is 0 Å². The normalized spacial score (nSPS) is 16.8. The van der Waals surface area contributed by atoms with E-state index in [1.807, 2.05) is 0 Å². The van der Waals surface area contributed by atoms with Crippen LogP contribution in [0.25, 0.3) is 0 Å². The molecule has 0 aliphatic rings. The lowest BCUT2D eigenvalue weighted by Crippen LogP contribution is -2.06. The molecule has 26 heavy (non-hydrogen) atoms. The highest BCUT2D eigenvalue weighted by Gasteiger charge is 2.26. The van der Waals surface area contributed by atoms with Gasteiger partial charge in [-0.1, -0.05) is 80.1 Å². The zero-order chi connectivity index (χ0) is 20.0. The molecule has 0 radical (unpaired) electrons. The van der Waals surface area contributed by atoms with E-state index in [1.54, 1.807) is 0 Å². The lowest BCUT2D eigenvalue weighted by molar-refractivity contribution is 0.147. The van der Waals surface area contributed by atoms with Gasteiger partial charge in [-0.2, -0.15) is 0 Å². The predicted molar refractivity (Wildman–Crippen MR) is 115 cm³/mol. The van der Waals surface area contributed by atoms with Crippen LogP contribution in [-0.4, -0.2) is 13.2 Å². The van der Waals surface area contributed by atoms with Crippen LogP contribution in [0.2, 0.25) is 0 Å². The summed E-state index contributed by atoms with van der Waals surface area (Å²) in [6.45, 7) is 14.2. The molecule has 0 aliphatic carbocycles. The van der Waals surface area contributed by atoms with Gasteiger partial charge in [0.05, 0.1) is 13.2 Å². The zero-order valence-electron chi connectivity index (χ0n) is 17.9. The van der Waals surface area contributed by atoms with E-state index in [0.717, 1.165) is 24.7 Å². The summed E-state index contributed by atoms with van der Waals surface area (Å²) in [6, 6.07) is 0. The summed E-state index contributed by atoms with van der Waals surface area (Å²) in [5.41, 5.74) is 0. The van der Waals surface area contributed by atoms with E-state index in [4.69, 9.17) is 13.0 Å². The van der Waals surface area contributed by atoms with Crippen LogP contribution in [-0.2, 0) is 17.6 Å². The Hall–Kier alpha value is 0.460. The second-order valence-corrected chi connectivity index (χ2v) is 10.7. The standard InChI is InChI=1S/C20H43O4PS/c1-17(2)9-7-11-19(5)13-15-22-25(21,24-26)23-16-14-20(6)12-8-10-18(3)4/h17-20,26H,7-16H2,1-6H3. The topological polar surface area (TPSA) is 44.8 Å². The molecular formula is C20H43O4PS. The third-order valence-corrected chi connectivity index (χ3v) is 6.57. The van der Waals surface area contributed by atoms with Gasteiger partial charge < -0.3 is 0 Å². The number of hydrogen-bond acceptors (Lipinski definition) is 5. The molecular weight excluding hydrogens is 367 g/mol. The zero-order valence-corrected chi connectivity index (χ0v) is 19.7. The van der Waals surface area contributed by atoms with E-state index < -0.39 is 7.82 Å². The van der Waals surface area contributed by atoms with Gasteiger partial charge in [0.1, 0.15) is 0 Å². The van der Waals surface area contributed by atoms with E-state index in [2.05, 4.69) is 54.5 Å². The van der Waals surface area contributed by atoms with E-state index in [1.165, 1.54) is 38.5 Å². The van der Waals surface area contributed by atoms with Crippen molar-refractivity contribution in [2.45, 2.75) is 92.9 Å². The first-order valence-electron chi connectivity index (χ1n) is 10.4. The number of hydrogen-bond donors (Lipinski definition) is 1. The van der Waals surface area contributed by atoms with Gasteiger partial charge in [0, 0.05) is 0 Å². The average molecular weight is 411 g/mol. The molecule has 0 bridgehead atoms. The van der Waals surface area contributed by atoms with Crippen LogP contribution in [0.4, 0.5) is 0 Å². The van der Waals surface area contributed by atoms with Crippen LogP contribution in [0.5, 0.6) is 0 Å². The highest BCUT2D eigenvalue weighted by molar-refractivity contribution is 7.80. The van der Waals surface area contributed by atoms with Gasteiger partial charge in [-0.25, -0.2) is 8.54 Å². The molecule has 0 fully saturated rings. The van der Waals surface area contributed by atoms with Crippen molar-refractivity contribution in [1.82, 2.24) is 0 Å². The first kappa shape index (κ1) is 26.5. The Labute approximate surface area is 168 Å². The summed E-state index contributed by atoms with van der Waals surface area (Å²) >= 11 is 3.70. The highest BCUT2D eigenvalue weighted by atomic mass is 32.1. The van der Waals surface area contributed by atoms with Crippen molar-refractivity contribution in [3.63, 3.8) is 0 Å². The SMILES string of the molecule is CC(C)CCCC(C)CCOP(=O)(OS)OCCC(C)CCCC(C)C. The summed E-state index contributed by atoms with van der Waals surface area (Å²) in [6.07, 6.45) is 9.01. The molecule has 0 aromatic heterocycles. The fourth-order valence-corrected chi connectivity index (χ4v) is 3.96. The first-order chi connectivity index (χ1) is 12.2. The van der Waals surface area contributed by atoms with E-state index in [0.29, 0.717) is 25.0 Å². The molecule has 0 saturated heterocycles. The second-order valence-electron chi connectivity index (χ2n) is 8.63. The van der Waals surface area contributed by atoms with Gasteiger partial charge >= 0.3 is 7.82 Å². The molecule has 0 saturated carbocycles. The molecule has 0 rings (SSSR count). The molecule has 2 atom stereocenters. The van der Waals surface area contributed by atoms with E-state index in [9.17, 15) is 4.57 Å². The minimum Gasteiger partial charge on any atom is -0.286 e. The molecule has 4 nitrogen and oxygen atoms in total. The van der Waals surface area contributed by atoms with Crippen LogP contribution in [0, 0.1) is 23.7 Å². The molecule has 0 heterocycles. The second kappa shape index (κ2) is 15.4. The fourth-order valence-electron chi connectivity index (χ4n) is 2.85. The maximum absolute atomic E-state index is 12.4. The van der Waals surface area contributed by atoms with Crippen LogP contribution >= 0.6 is 20.7 Å². The van der Waals surface area contributed by atoms with Crippen molar-refractivity contribution in [2.24, 2.45) is 23.7 Å². The summed E-state index contributed by atoms with van der Waals surface area (Å²) in [5, 5.41) is 0. The Bertz CT molecular complexity index is 347. The molecule has 2 unspecified atom stereocenters. The van der Waals surface area contributed by atoms with Crippen molar-refractivity contribution < 1.29 is 17.6 Å². The van der Waals surface area contributed by atoms with Crippen molar-refractivity contribution >= 4 is 20.7 Å². The lowest BCUT2D eigenvalue weighted by atomic mass is 9.98. The Morgan fingerprint density at radius 2 is 1.08 bits per heavy atom. The third kappa shape index (κ3) is 15.5. The average Bonchev–Trinajstić information content (AvgIpc) is 2.54. The van der Waals surface area contributed by atoms with Gasteiger partial charge in [0.15, 0.2) is 0 Å². The third-order valence-electron chi connectivity index (χ3n) is 4.78. The molecule has 0 aliphatic heterocycles. The Balaban J connectivity index is 3.92. The molecule has 0 N–H and O–H groups in total. The van der Waals surface area contributed by atoms with Gasteiger partial charge in [-0.3, -0.25) is 9.05 Å². The van der Waals surface area contributed by atoms with Gasteiger partial charge in [-0.05, 0) is 49.4 Å². The summed E-state index contributed by atoms with van der Waals surface area (Å²) in [5.74, 6) is 2.58. The van der Waals surface area contributed by atoms with Gasteiger partial charge in [0.25, 0.3) is 0 Å². The van der Waals surface area contributed by atoms with Crippen molar-refractivity contribution in [3.8, 4) is 0 Å². The van der Waals surface area contributed by atoms with Crippen LogP contribution in [0.3, 0.4) is 0 Å². The first-order valence-corrected chi connectivity index (χ1v) is 12.2. The number of phosphoric acid groups is 1. The molecule has 6 heteroatoms. The fraction of sp³-hybridized carbons (Fsp3) is 1.00. The van der Waals surface area contributed by atoms with Crippen molar-refractivity contribution in [2.75, 3.05) is 13.2 Å². The van der Waals surface area contributed by atoms with Gasteiger partial charge in [-0.15, -0.1) is 0 Å². The van der Waals surface area contributed by atoms with Crippen LogP contribution in [0.1, 0.15) is 92.9 Å². The molecule has 158 valence electrons. The van der Waals surface area contributed by atoms with E-state index in [-0.39, 0.29) is 0 Å². The number of rotatable bonds is 17. The highest BCUT2D eigenvalue weighted by Crippen LogP contribution is 2.51. The van der Waals surface area contributed by atoms with E-state index >= 15 is 0 Å². The predicted octanol–water partition coefficient (Wildman–Crippen LogP) is 7.69. The van der Waals surface area contributed by atoms with Crippen molar-refractivity contribution in [1.29, 1.82) is 0 Å².